The summed E-state index contributed by atoms with van der Waals surface area (Å²) in [4.78, 5) is 69.3. The maximum Gasteiger partial charge on any atom is 0.412 e. The number of benzene rings is 2. The number of hydrogen-bond acceptors (Lipinski definition) is 8. The van der Waals surface area contributed by atoms with Crippen LogP contribution in [-0.2, 0) is 30.3 Å². The van der Waals surface area contributed by atoms with Gasteiger partial charge in [-0.3, -0.25) is 20.2 Å². The third kappa shape index (κ3) is 12.4. The summed E-state index contributed by atoms with van der Waals surface area (Å²) in [5, 5.41) is 8.23. The minimum atomic E-state index is -1.75. The molecule has 278 valence electrons. The number of para-hydroxylation sites is 2. The highest BCUT2D eigenvalue weighted by Gasteiger charge is 2.40. The number of carbonyl (C=O) groups is 5. The fraction of sp³-hybridized carbons (Fsp3) is 0.513. The molecule has 2 aromatic carbocycles. The van der Waals surface area contributed by atoms with Gasteiger partial charge >= 0.3 is 18.2 Å². The van der Waals surface area contributed by atoms with Gasteiger partial charge in [0.1, 0.15) is 11.2 Å². The molecule has 0 fully saturated rings. The number of allylic oxidation sites excluding steroid dienone is 2. The predicted molar refractivity (Wildman–Crippen MR) is 196 cm³/mol. The van der Waals surface area contributed by atoms with E-state index in [1.807, 2.05) is 6.08 Å². The fourth-order valence-corrected chi connectivity index (χ4v) is 5.56. The van der Waals surface area contributed by atoms with Crippen molar-refractivity contribution in [2.24, 2.45) is 11.3 Å². The first-order valence-corrected chi connectivity index (χ1v) is 17.3. The smallest absolute Gasteiger partial charge is 0.412 e. The van der Waals surface area contributed by atoms with Gasteiger partial charge in [0.25, 0.3) is 11.8 Å². The zero-order valence-corrected chi connectivity index (χ0v) is 31.6. The Kier molecular flexibility index (Phi) is 13.4. The minimum absolute atomic E-state index is 0.00654. The van der Waals surface area contributed by atoms with Gasteiger partial charge in [0, 0.05) is 17.9 Å². The summed E-state index contributed by atoms with van der Waals surface area (Å²) < 4.78 is 16.3. The number of ether oxygens (including phenoxy) is 3. The van der Waals surface area contributed by atoms with Gasteiger partial charge in [-0.25, -0.2) is 14.4 Å². The summed E-state index contributed by atoms with van der Waals surface area (Å²) in [7, 11) is 0. The Balaban J connectivity index is 2.11. The second-order valence-corrected chi connectivity index (χ2v) is 15.6. The summed E-state index contributed by atoms with van der Waals surface area (Å²) >= 11 is 0. The van der Waals surface area contributed by atoms with Crippen molar-refractivity contribution >= 4 is 41.3 Å². The van der Waals surface area contributed by atoms with Crippen molar-refractivity contribution < 1.29 is 38.2 Å². The molecule has 12 heteroatoms. The molecule has 0 bridgehead atoms. The van der Waals surface area contributed by atoms with Crippen LogP contribution in [0, 0.1) is 11.3 Å². The van der Waals surface area contributed by atoms with Crippen molar-refractivity contribution in [3.8, 4) is 0 Å². The first-order valence-electron chi connectivity index (χ1n) is 17.3. The maximum atomic E-state index is 14.7. The molecule has 0 aliphatic heterocycles. The lowest BCUT2D eigenvalue weighted by Gasteiger charge is -2.34. The molecule has 0 aromatic heterocycles. The van der Waals surface area contributed by atoms with E-state index >= 15 is 0 Å². The van der Waals surface area contributed by atoms with Gasteiger partial charge in [-0.2, -0.15) is 0 Å². The van der Waals surface area contributed by atoms with Gasteiger partial charge < -0.3 is 24.4 Å². The van der Waals surface area contributed by atoms with Crippen LogP contribution < -0.4 is 16.0 Å². The predicted octanol–water partition coefficient (Wildman–Crippen LogP) is 7.80. The molecule has 0 spiro atoms. The van der Waals surface area contributed by atoms with E-state index < -0.39 is 47.2 Å². The van der Waals surface area contributed by atoms with Gasteiger partial charge in [0.2, 0.25) is 6.04 Å². The average molecular weight is 707 g/mol. The quantitative estimate of drug-likeness (QED) is 0.129. The van der Waals surface area contributed by atoms with Crippen molar-refractivity contribution in [1.82, 2.24) is 10.2 Å². The number of nitrogens with one attached hydrogen (secondary N) is 3. The summed E-state index contributed by atoms with van der Waals surface area (Å²) in [6, 6.07) is 11.2. The molecule has 2 unspecified atom stereocenters. The molecule has 4 amide bonds. The Morgan fingerprint density at radius 2 is 1.33 bits per heavy atom. The molecule has 0 saturated heterocycles. The normalized spacial score (nSPS) is 15.4. The second-order valence-electron chi connectivity index (χ2n) is 15.6. The van der Waals surface area contributed by atoms with Gasteiger partial charge in [0.05, 0.1) is 17.9 Å². The van der Waals surface area contributed by atoms with Gasteiger partial charge in [-0.1, -0.05) is 57.2 Å². The van der Waals surface area contributed by atoms with Crippen molar-refractivity contribution in [2.75, 3.05) is 17.2 Å². The number of anilines is 2. The Bertz CT molecular complexity index is 1610. The van der Waals surface area contributed by atoms with E-state index in [0.717, 1.165) is 17.7 Å². The monoisotopic (exact) mass is 706 g/mol. The standard InChI is InChI=1S/C39H54N4O8/c1-11-49-34(46)31(32(44)40-27-22-20-26(21-23-27)37(2,3)4)43(24-25-16-12-14-18-29(25)41-35(47)50-38(5,6)7)33(45)28-17-13-15-19-30(28)42-36(48)51-39(8,9)10/h12-19,22,26,31H,11,20-21,23-24H2,1-10H3,(H,40,44)(H,41,47)(H,42,48). The molecule has 0 heterocycles. The van der Waals surface area contributed by atoms with E-state index in [9.17, 15) is 24.0 Å². The SMILES string of the molecule is CCOC(=O)C(C(=O)NC1=CCC(C(C)(C)C)CC1)N(Cc1ccccc1NC(=O)OC(C)(C)C)C(=O)c1ccccc1NC(=O)OC(C)(C)C. The average Bonchev–Trinajstić information content (AvgIpc) is 2.99. The van der Waals surface area contributed by atoms with Gasteiger partial charge in [0.15, 0.2) is 0 Å². The highest BCUT2D eigenvalue weighted by atomic mass is 16.6. The number of amides is 4. The van der Waals surface area contributed by atoms with Crippen LogP contribution in [0.5, 0.6) is 0 Å². The maximum absolute atomic E-state index is 14.7. The van der Waals surface area contributed by atoms with Crippen molar-refractivity contribution in [1.29, 1.82) is 0 Å². The molecule has 2 atom stereocenters. The van der Waals surface area contributed by atoms with Crippen LogP contribution in [0.25, 0.3) is 0 Å². The lowest BCUT2D eigenvalue weighted by Crippen LogP contribution is -2.54. The second kappa shape index (κ2) is 16.9. The Labute approximate surface area is 301 Å². The third-order valence-electron chi connectivity index (χ3n) is 8.04. The highest BCUT2D eigenvalue weighted by molar-refractivity contribution is 6.10. The Hall–Kier alpha value is -4.87. The molecule has 0 radical (unpaired) electrons. The van der Waals surface area contributed by atoms with Crippen molar-refractivity contribution in [3.05, 3.63) is 71.4 Å². The molecule has 1 aliphatic rings. The van der Waals surface area contributed by atoms with E-state index in [2.05, 4.69) is 36.7 Å². The van der Waals surface area contributed by atoms with Crippen LogP contribution in [0.2, 0.25) is 0 Å². The van der Waals surface area contributed by atoms with Gasteiger partial charge in [-0.05, 0) is 103 Å². The molecule has 2 aromatic rings. The van der Waals surface area contributed by atoms with Crippen LogP contribution in [0.4, 0.5) is 21.0 Å². The zero-order valence-electron chi connectivity index (χ0n) is 31.6. The Morgan fingerprint density at radius 3 is 1.86 bits per heavy atom. The van der Waals surface area contributed by atoms with E-state index in [-0.39, 0.29) is 29.8 Å². The summed E-state index contributed by atoms with van der Waals surface area (Å²) in [6.07, 6.45) is 2.62. The summed E-state index contributed by atoms with van der Waals surface area (Å²) in [5.41, 5.74) is -0.0445. The van der Waals surface area contributed by atoms with Crippen LogP contribution >= 0.6 is 0 Å². The molecule has 3 N–H and O–H groups in total. The van der Waals surface area contributed by atoms with Crippen LogP contribution in [-0.4, -0.2) is 58.7 Å². The van der Waals surface area contributed by atoms with E-state index in [4.69, 9.17) is 14.2 Å². The molecule has 3 rings (SSSR count). The fourth-order valence-electron chi connectivity index (χ4n) is 5.56. The largest absolute Gasteiger partial charge is 0.464 e. The topological polar surface area (TPSA) is 152 Å². The number of hydrogen-bond donors (Lipinski definition) is 3. The molecular formula is C39H54N4O8. The van der Waals surface area contributed by atoms with Crippen molar-refractivity contribution in [2.45, 2.75) is 112 Å². The Morgan fingerprint density at radius 1 is 0.784 bits per heavy atom. The number of esters is 1. The van der Waals surface area contributed by atoms with Crippen LogP contribution in [0.1, 0.15) is 104 Å². The molecule has 0 saturated carbocycles. The van der Waals surface area contributed by atoms with Crippen molar-refractivity contribution in [3.63, 3.8) is 0 Å². The van der Waals surface area contributed by atoms with Gasteiger partial charge in [-0.15, -0.1) is 0 Å². The van der Waals surface area contributed by atoms with E-state index in [1.165, 1.54) is 12.1 Å². The highest BCUT2D eigenvalue weighted by Crippen LogP contribution is 2.36. The number of carbonyl (C=O) groups excluding carboxylic acids is 5. The van der Waals surface area contributed by atoms with E-state index in [0.29, 0.717) is 29.3 Å². The minimum Gasteiger partial charge on any atom is -0.464 e. The molecule has 1 aliphatic carbocycles. The van der Waals surface area contributed by atoms with E-state index in [1.54, 1.807) is 84.9 Å². The third-order valence-corrected chi connectivity index (χ3v) is 8.04. The summed E-state index contributed by atoms with van der Waals surface area (Å²) in [5.74, 6) is -2.03. The molecule has 51 heavy (non-hydrogen) atoms. The number of nitrogens with zero attached hydrogens (tertiary/aromatic N) is 1. The first-order chi connectivity index (χ1) is 23.7. The molecular weight excluding hydrogens is 652 g/mol. The lowest BCUT2D eigenvalue weighted by molar-refractivity contribution is -0.153. The zero-order chi connectivity index (χ0) is 38.1. The number of rotatable bonds is 10. The summed E-state index contributed by atoms with van der Waals surface area (Å²) in [6.45, 7) is 18.1. The van der Waals surface area contributed by atoms with Crippen LogP contribution in [0.15, 0.2) is 60.3 Å². The van der Waals surface area contributed by atoms with Crippen LogP contribution in [0.3, 0.4) is 0 Å². The molecule has 12 nitrogen and oxygen atoms in total. The first kappa shape index (κ1) is 40.6. The lowest BCUT2D eigenvalue weighted by atomic mass is 9.74.